The summed E-state index contributed by atoms with van der Waals surface area (Å²) >= 11 is 0. The van der Waals surface area contributed by atoms with Gasteiger partial charge in [0, 0.05) is 33.4 Å². The Morgan fingerprint density at radius 3 is 1.30 bits per heavy atom. The number of rotatable bonds is 7. The third-order valence-corrected chi connectivity index (χ3v) is 10.1. The first kappa shape index (κ1) is 33.0. The Labute approximate surface area is 324 Å². The summed E-state index contributed by atoms with van der Waals surface area (Å²) in [4.78, 5) is 25.1. The van der Waals surface area contributed by atoms with Crippen molar-refractivity contribution in [2.45, 2.75) is 0 Å². The molecule has 5 nitrogen and oxygen atoms in total. The molecule has 0 aliphatic heterocycles. The van der Waals surface area contributed by atoms with E-state index in [1.165, 1.54) is 16.2 Å². The predicted octanol–water partition coefficient (Wildman–Crippen LogP) is 12.6. The highest BCUT2D eigenvalue weighted by molar-refractivity contribution is 6.08. The number of benzene rings is 8. The Hall–Kier alpha value is -7.63. The Kier molecular flexibility index (Phi) is 8.43. The van der Waals surface area contributed by atoms with E-state index in [0.717, 1.165) is 61.3 Å². The van der Waals surface area contributed by atoms with Crippen LogP contribution in [0.2, 0.25) is 0 Å². The van der Waals surface area contributed by atoms with Crippen LogP contribution in [-0.4, -0.2) is 24.9 Å². The van der Waals surface area contributed by atoms with Crippen LogP contribution in [0.3, 0.4) is 0 Å². The van der Waals surface area contributed by atoms with Gasteiger partial charge in [-0.3, -0.25) is 0 Å². The van der Waals surface area contributed by atoms with Crippen molar-refractivity contribution in [2.24, 2.45) is 0 Å². The summed E-state index contributed by atoms with van der Waals surface area (Å²) in [7, 11) is 0. The van der Waals surface area contributed by atoms with E-state index in [1.807, 2.05) is 78.9 Å². The van der Waals surface area contributed by atoms with E-state index in [0.29, 0.717) is 23.3 Å². The van der Waals surface area contributed by atoms with Gasteiger partial charge in [-0.15, -0.1) is 0 Å². The molecule has 0 spiro atoms. The minimum Gasteiger partial charge on any atom is -0.228 e. The maximum atomic E-state index is 5.21. The minimum atomic E-state index is 0.618. The first-order chi connectivity index (χ1) is 27.7. The van der Waals surface area contributed by atoms with E-state index >= 15 is 0 Å². The highest BCUT2D eigenvalue weighted by Crippen LogP contribution is 2.34. The van der Waals surface area contributed by atoms with E-state index in [4.69, 9.17) is 24.9 Å². The molecule has 0 unspecified atom stereocenters. The summed E-state index contributed by atoms with van der Waals surface area (Å²) in [6.07, 6.45) is 0. The van der Waals surface area contributed by atoms with Crippen LogP contribution in [-0.2, 0) is 0 Å². The van der Waals surface area contributed by atoms with Crippen molar-refractivity contribution in [3.63, 3.8) is 0 Å². The van der Waals surface area contributed by atoms with Crippen LogP contribution in [0, 0.1) is 0 Å². The van der Waals surface area contributed by atoms with Crippen LogP contribution in [0.4, 0.5) is 0 Å². The summed E-state index contributed by atoms with van der Waals surface area (Å²) < 4.78 is 0. The largest absolute Gasteiger partial charge is 0.228 e. The van der Waals surface area contributed by atoms with Gasteiger partial charge in [0.15, 0.2) is 23.3 Å². The van der Waals surface area contributed by atoms with E-state index in [-0.39, 0.29) is 0 Å². The number of fused-ring (bicyclic) bond motifs is 3. The van der Waals surface area contributed by atoms with Gasteiger partial charge in [0.1, 0.15) is 0 Å². The number of hydrogen-bond acceptors (Lipinski definition) is 5. The quantitative estimate of drug-likeness (QED) is 0.154. The van der Waals surface area contributed by atoms with E-state index in [9.17, 15) is 0 Å². The Morgan fingerprint density at radius 1 is 0.214 bits per heavy atom. The van der Waals surface area contributed by atoms with E-state index in [2.05, 4.69) is 121 Å². The average Bonchev–Trinajstić information content (AvgIpc) is 3.29. The lowest BCUT2D eigenvalue weighted by Crippen LogP contribution is -2.00. The van der Waals surface area contributed by atoms with Gasteiger partial charge in [-0.1, -0.05) is 176 Å². The molecule has 0 aliphatic rings. The Balaban J connectivity index is 1.06. The molecule has 8 aromatic carbocycles. The fourth-order valence-corrected chi connectivity index (χ4v) is 7.27. The van der Waals surface area contributed by atoms with Crippen LogP contribution in [0.15, 0.2) is 200 Å². The molecule has 0 saturated heterocycles. The maximum absolute atomic E-state index is 5.21. The third kappa shape index (κ3) is 6.48. The van der Waals surface area contributed by atoms with Gasteiger partial charge in [-0.25, -0.2) is 24.9 Å². The summed E-state index contributed by atoms with van der Waals surface area (Å²) in [6, 6.07) is 68.8. The molecular weight excluding hydrogens is 683 g/mol. The molecule has 0 atom stereocenters. The monoisotopic (exact) mass is 715 g/mol. The first-order valence-corrected chi connectivity index (χ1v) is 18.7. The van der Waals surface area contributed by atoms with Crippen molar-refractivity contribution >= 4 is 21.5 Å². The summed E-state index contributed by atoms with van der Waals surface area (Å²) in [5, 5.41) is 4.83. The molecular formula is C51H33N5. The molecule has 0 bridgehead atoms. The SMILES string of the molecule is c1ccc(-c2cc(-c3cccc(-c4cccc(-c5nc(-c6ccccc6)nc(-c6ccccc6)n5)c4)c3)nc(-c3ccc4c(ccc5ccccc54)c3)n2)cc1. The van der Waals surface area contributed by atoms with Crippen LogP contribution in [0.25, 0.3) is 101 Å². The molecule has 262 valence electrons. The van der Waals surface area contributed by atoms with Gasteiger partial charge < -0.3 is 0 Å². The molecule has 0 fully saturated rings. The smallest absolute Gasteiger partial charge is 0.164 e. The van der Waals surface area contributed by atoms with E-state index < -0.39 is 0 Å². The number of aromatic nitrogens is 5. The van der Waals surface area contributed by atoms with Crippen LogP contribution < -0.4 is 0 Å². The number of nitrogens with zero attached hydrogens (tertiary/aromatic N) is 5. The normalized spacial score (nSPS) is 11.2. The van der Waals surface area contributed by atoms with Crippen LogP contribution >= 0.6 is 0 Å². The topological polar surface area (TPSA) is 64.5 Å². The molecule has 2 aromatic heterocycles. The van der Waals surface area contributed by atoms with Gasteiger partial charge in [-0.2, -0.15) is 0 Å². The lowest BCUT2D eigenvalue weighted by atomic mass is 9.98. The molecule has 0 radical (unpaired) electrons. The molecule has 0 aliphatic carbocycles. The van der Waals surface area contributed by atoms with Crippen LogP contribution in [0.1, 0.15) is 0 Å². The minimum absolute atomic E-state index is 0.618. The van der Waals surface area contributed by atoms with Gasteiger partial charge in [0.2, 0.25) is 0 Å². The molecule has 10 rings (SSSR count). The molecule has 5 heteroatoms. The Morgan fingerprint density at radius 2 is 0.643 bits per heavy atom. The van der Waals surface area contributed by atoms with Crippen molar-refractivity contribution in [1.82, 2.24) is 24.9 Å². The highest BCUT2D eigenvalue weighted by Gasteiger charge is 2.15. The fraction of sp³-hybridized carbons (Fsp3) is 0. The standard InChI is InChI=1S/C51H33N5/c1-4-15-35(16-5-1)46-33-47(53-50(52-46)43-28-29-45-40(32-43)27-26-34-14-10-11-25-44(34)45)41-23-12-21-38(30-41)39-22-13-24-42(31-39)51-55-48(36-17-6-2-7-18-36)54-49(56-51)37-19-8-3-9-20-37/h1-33H. The zero-order valence-electron chi connectivity index (χ0n) is 30.3. The first-order valence-electron chi connectivity index (χ1n) is 18.7. The zero-order chi connectivity index (χ0) is 37.3. The van der Waals surface area contributed by atoms with Gasteiger partial charge >= 0.3 is 0 Å². The second-order valence-electron chi connectivity index (χ2n) is 13.8. The second-order valence-corrected chi connectivity index (χ2v) is 13.8. The summed E-state index contributed by atoms with van der Waals surface area (Å²) in [5.41, 5.74) is 9.62. The molecule has 56 heavy (non-hydrogen) atoms. The van der Waals surface area contributed by atoms with Crippen molar-refractivity contribution < 1.29 is 0 Å². The summed E-state index contributed by atoms with van der Waals surface area (Å²) in [6.45, 7) is 0. The molecule has 0 N–H and O–H groups in total. The van der Waals surface area contributed by atoms with Gasteiger partial charge in [0.05, 0.1) is 11.4 Å². The van der Waals surface area contributed by atoms with Gasteiger partial charge in [-0.05, 0) is 56.9 Å². The average molecular weight is 716 g/mol. The van der Waals surface area contributed by atoms with E-state index in [1.54, 1.807) is 0 Å². The Bertz CT molecular complexity index is 2960. The molecule has 0 amide bonds. The second kappa shape index (κ2) is 14.3. The van der Waals surface area contributed by atoms with Crippen LogP contribution in [0.5, 0.6) is 0 Å². The van der Waals surface area contributed by atoms with Crippen molar-refractivity contribution in [3.8, 4) is 79.2 Å². The molecule has 0 saturated carbocycles. The van der Waals surface area contributed by atoms with Crippen molar-refractivity contribution in [2.75, 3.05) is 0 Å². The predicted molar refractivity (Wildman–Crippen MR) is 228 cm³/mol. The zero-order valence-corrected chi connectivity index (χ0v) is 30.3. The number of hydrogen-bond donors (Lipinski definition) is 0. The molecule has 10 aromatic rings. The summed E-state index contributed by atoms with van der Waals surface area (Å²) in [5.74, 6) is 2.57. The van der Waals surface area contributed by atoms with Crippen molar-refractivity contribution in [3.05, 3.63) is 200 Å². The van der Waals surface area contributed by atoms with Gasteiger partial charge in [0.25, 0.3) is 0 Å². The lowest BCUT2D eigenvalue weighted by Gasteiger charge is -2.12. The van der Waals surface area contributed by atoms with Crippen molar-refractivity contribution in [1.29, 1.82) is 0 Å². The third-order valence-electron chi connectivity index (χ3n) is 10.1. The highest BCUT2D eigenvalue weighted by atomic mass is 15.0. The molecule has 2 heterocycles. The maximum Gasteiger partial charge on any atom is 0.164 e. The lowest BCUT2D eigenvalue weighted by molar-refractivity contribution is 1.07. The fourth-order valence-electron chi connectivity index (χ4n) is 7.27.